The fourth-order valence-electron chi connectivity index (χ4n) is 1.50. The molecular formula is C11H18F3N3O2. The Kier molecular flexibility index (Phi) is 5.85. The third-order valence-electron chi connectivity index (χ3n) is 2.39. The molecule has 0 saturated carbocycles. The Hall–Kier alpha value is -1.73. The molecule has 0 bridgehead atoms. The van der Waals surface area contributed by atoms with Gasteiger partial charge in [-0.25, -0.2) is 0 Å². The second kappa shape index (κ2) is 6.44. The summed E-state index contributed by atoms with van der Waals surface area (Å²) in [7, 11) is 2.37. The first-order chi connectivity index (χ1) is 8.66. The largest absolute Gasteiger partial charge is 0.433 e. The van der Waals surface area contributed by atoms with Crippen LogP contribution in [0.1, 0.15) is 32.0 Å². The van der Waals surface area contributed by atoms with Gasteiger partial charge in [-0.1, -0.05) is 13.8 Å². The maximum atomic E-state index is 12.7. The van der Waals surface area contributed by atoms with Crippen molar-refractivity contribution < 1.29 is 18.0 Å². The summed E-state index contributed by atoms with van der Waals surface area (Å²) in [5.74, 6) is -0.496. The smallest absolute Gasteiger partial charge is 0.352 e. The Morgan fingerprint density at radius 1 is 1.21 bits per heavy atom. The van der Waals surface area contributed by atoms with Crippen LogP contribution < -0.4 is 10.9 Å². The Bertz CT molecular complexity index is 501. The summed E-state index contributed by atoms with van der Waals surface area (Å²) < 4.78 is 39.8. The number of alkyl halides is 3. The molecule has 0 saturated heterocycles. The van der Waals surface area contributed by atoms with Crippen molar-refractivity contribution in [2.45, 2.75) is 33.5 Å². The van der Waals surface area contributed by atoms with Gasteiger partial charge in [0.25, 0.3) is 5.56 Å². The van der Waals surface area contributed by atoms with Gasteiger partial charge in [-0.3, -0.25) is 19.0 Å². The molecule has 0 aliphatic heterocycles. The van der Waals surface area contributed by atoms with Gasteiger partial charge in [0.15, 0.2) is 0 Å². The molecule has 1 aromatic rings. The Morgan fingerprint density at radius 3 is 2.05 bits per heavy atom. The maximum absolute atomic E-state index is 12.7. The van der Waals surface area contributed by atoms with Crippen LogP contribution in [0.4, 0.5) is 13.2 Å². The van der Waals surface area contributed by atoms with Crippen LogP contribution in [0.5, 0.6) is 0 Å². The number of aromatic nitrogens is 2. The van der Waals surface area contributed by atoms with E-state index in [1.807, 2.05) is 13.8 Å². The molecule has 1 heterocycles. The van der Waals surface area contributed by atoms with Crippen LogP contribution in [0.15, 0.2) is 4.79 Å². The predicted octanol–water partition coefficient (Wildman–Crippen LogP) is 1.40. The van der Waals surface area contributed by atoms with E-state index in [4.69, 9.17) is 0 Å². The van der Waals surface area contributed by atoms with Gasteiger partial charge in [-0.2, -0.15) is 13.2 Å². The summed E-state index contributed by atoms with van der Waals surface area (Å²) in [5.41, 5.74) is -2.27. The average Bonchev–Trinajstić information content (AvgIpc) is 2.53. The minimum atomic E-state index is -4.64. The highest BCUT2D eigenvalue weighted by Crippen LogP contribution is 2.30. The van der Waals surface area contributed by atoms with E-state index < -0.39 is 35.4 Å². The number of amides is 1. The van der Waals surface area contributed by atoms with Crippen molar-refractivity contribution in [3.63, 3.8) is 0 Å². The third kappa shape index (κ3) is 3.87. The first kappa shape index (κ1) is 17.3. The molecule has 19 heavy (non-hydrogen) atoms. The number of halogens is 3. The summed E-state index contributed by atoms with van der Waals surface area (Å²) in [6.07, 6.45) is -4.64. The molecule has 5 nitrogen and oxygen atoms in total. The monoisotopic (exact) mass is 281 g/mol. The number of rotatable bonds is 2. The van der Waals surface area contributed by atoms with Crippen molar-refractivity contribution in [1.29, 1.82) is 0 Å². The van der Waals surface area contributed by atoms with Crippen LogP contribution in [0.25, 0.3) is 0 Å². The average molecular weight is 281 g/mol. The Labute approximate surface area is 109 Å². The van der Waals surface area contributed by atoms with Crippen molar-refractivity contribution in [2.75, 3.05) is 0 Å². The molecule has 0 spiro atoms. The first-order valence-electron chi connectivity index (χ1n) is 5.72. The molecular weight excluding hydrogens is 263 g/mol. The molecule has 1 rings (SSSR count). The predicted molar refractivity (Wildman–Crippen MR) is 64.5 cm³/mol. The minimum absolute atomic E-state index is 0.433. The lowest BCUT2D eigenvalue weighted by atomic mass is 10.2. The molecule has 110 valence electrons. The number of carbonyl (C=O) groups excluding carboxylic acids is 1. The number of nitrogens with zero attached hydrogens (tertiary/aromatic N) is 2. The highest BCUT2D eigenvalue weighted by molar-refractivity contribution is 5.72. The van der Waals surface area contributed by atoms with Gasteiger partial charge < -0.3 is 5.32 Å². The zero-order valence-electron chi connectivity index (χ0n) is 11.6. The van der Waals surface area contributed by atoms with Gasteiger partial charge in [0.1, 0.15) is 5.69 Å². The lowest BCUT2D eigenvalue weighted by Crippen LogP contribution is -2.25. The van der Waals surface area contributed by atoms with Crippen LogP contribution in [0.3, 0.4) is 0 Å². The minimum Gasteiger partial charge on any atom is -0.352 e. The summed E-state index contributed by atoms with van der Waals surface area (Å²) in [6, 6.07) is 0. The highest BCUT2D eigenvalue weighted by Gasteiger charge is 2.39. The van der Waals surface area contributed by atoms with Gasteiger partial charge in [-0.15, -0.1) is 0 Å². The normalized spacial score (nSPS) is 10.7. The molecule has 1 aromatic heterocycles. The van der Waals surface area contributed by atoms with Crippen LogP contribution >= 0.6 is 0 Å². The molecule has 0 aliphatic carbocycles. The number of hydrogen-bond acceptors (Lipinski definition) is 2. The molecule has 0 unspecified atom stereocenters. The maximum Gasteiger partial charge on any atom is 0.433 e. The van der Waals surface area contributed by atoms with Crippen molar-refractivity contribution >= 4 is 5.91 Å². The van der Waals surface area contributed by atoms with Gasteiger partial charge >= 0.3 is 6.18 Å². The van der Waals surface area contributed by atoms with E-state index in [0.29, 0.717) is 0 Å². The zero-order chi connectivity index (χ0) is 15.4. The fraction of sp³-hybridized carbons (Fsp3) is 0.636. The standard InChI is InChI=1S/C9H12F3N3O2.C2H6/c1-5(16)13-4-6-7(9(10,11)12)14(2)15(3)8(6)17;1-2/h4H2,1-3H3,(H,13,16);1-2H3. The second-order valence-electron chi connectivity index (χ2n) is 3.59. The fourth-order valence-corrected chi connectivity index (χ4v) is 1.50. The zero-order valence-corrected chi connectivity index (χ0v) is 11.6. The van der Waals surface area contributed by atoms with Gasteiger partial charge in [0.2, 0.25) is 5.91 Å². The molecule has 0 aliphatic rings. The number of carbonyl (C=O) groups is 1. The van der Waals surface area contributed by atoms with Gasteiger partial charge in [-0.05, 0) is 0 Å². The number of nitrogens with one attached hydrogen (secondary N) is 1. The lowest BCUT2D eigenvalue weighted by Gasteiger charge is -2.10. The van der Waals surface area contributed by atoms with Crippen molar-refractivity contribution in [3.8, 4) is 0 Å². The van der Waals surface area contributed by atoms with E-state index >= 15 is 0 Å². The third-order valence-corrected chi connectivity index (χ3v) is 2.39. The molecule has 0 atom stereocenters. The first-order valence-corrected chi connectivity index (χ1v) is 5.72. The van der Waals surface area contributed by atoms with E-state index in [9.17, 15) is 22.8 Å². The van der Waals surface area contributed by atoms with E-state index in [1.165, 1.54) is 14.0 Å². The topological polar surface area (TPSA) is 56.0 Å². The van der Waals surface area contributed by atoms with Crippen LogP contribution in [-0.2, 0) is 31.6 Å². The molecule has 8 heteroatoms. The van der Waals surface area contributed by atoms with Gasteiger partial charge in [0, 0.05) is 21.0 Å². The van der Waals surface area contributed by atoms with E-state index in [2.05, 4.69) is 5.32 Å². The lowest BCUT2D eigenvalue weighted by molar-refractivity contribution is -0.145. The Morgan fingerprint density at radius 2 is 1.68 bits per heavy atom. The molecule has 1 N–H and O–H groups in total. The highest BCUT2D eigenvalue weighted by atomic mass is 19.4. The van der Waals surface area contributed by atoms with E-state index in [1.54, 1.807) is 0 Å². The van der Waals surface area contributed by atoms with E-state index in [-0.39, 0.29) is 0 Å². The van der Waals surface area contributed by atoms with Gasteiger partial charge in [0.05, 0.1) is 12.1 Å². The summed E-state index contributed by atoms with van der Waals surface area (Å²) >= 11 is 0. The van der Waals surface area contributed by atoms with Crippen molar-refractivity contribution in [3.05, 3.63) is 21.6 Å². The molecule has 1 amide bonds. The summed E-state index contributed by atoms with van der Waals surface area (Å²) in [6.45, 7) is 4.73. The van der Waals surface area contributed by atoms with Crippen molar-refractivity contribution in [1.82, 2.24) is 14.7 Å². The van der Waals surface area contributed by atoms with Crippen LogP contribution in [0.2, 0.25) is 0 Å². The van der Waals surface area contributed by atoms with Crippen LogP contribution in [0, 0.1) is 0 Å². The molecule has 0 fully saturated rings. The SMILES string of the molecule is CC.CC(=O)NCc1c(C(F)(F)F)n(C)n(C)c1=O. The second-order valence-corrected chi connectivity index (χ2v) is 3.59. The molecule has 0 aromatic carbocycles. The molecule has 0 radical (unpaired) electrons. The van der Waals surface area contributed by atoms with E-state index in [0.717, 1.165) is 16.4 Å². The van der Waals surface area contributed by atoms with Crippen molar-refractivity contribution in [2.24, 2.45) is 14.1 Å². The quantitative estimate of drug-likeness (QED) is 0.891. The Balaban J connectivity index is 0.00000154. The van der Waals surface area contributed by atoms with Crippen LogP contribution in [-0.4, -0.2) is 15.3 Å². The summed E-state index contributed by atoms with van der Waals surface area (Å²) in [5, 5.41) is 2.19. The number of hydrogen-bond donors (Lipinski definition) is 1. The summed E-state index contributed by atoms with van der Waals surface area (Å²) in [4.78, 5) is 22.2.